The van der Waals surface area contributed by atoms with E-state index in [0.717, 1.165) is 5.56 Å². The molecule has 2 amide bonds. The lowest BCUT2D eigenvalue weighted by molar-refractivity contribution is -0.136. The van der Waals surface area contributed by atoms with Gasteiger partial charge in [0, 0.05) is 36.6 Å². The maximum absolute atomic E-state index is 13.3. The minimum atomic E-state index is -0.437. The van der Waals surface area contributed by atoms with Crippen molar-refractivity contribution in [1.82, 2.24) is 4.90 Å². The van der Waals surface area contributed by atoms with Crippen LogP contribution in [0.3, 0.4) is 0 Å². The summed E-state index contributed by atoms with van der Waals surface area (Å²) in [5.41, 5.74) is 1.48. The topological polar surface area (TPSA) is 68.3 Å². The average Bonchev–Trinajstić information content (AvgIpc) is 3.18. The van der Waals surface area contributed by atoms with Gasteiger partial charge in [0.15, 0.2) is 11.5 Å². The van der Waals surface area contributed by atoms with Gasteiger partial charge in [0.1, 0.15) is 19.0 Å². The first-order chi connectivity index (χ1) is 15.0. The number of rotatable bonds is 6. The Hall–Kier alpha value is -2.93. The van der Waals surface area contributed by atoms with Crippen molar-refractivity contribution in [3.63, 3.8) is 0 Å². The van der Waals surface area contributed by atoms with E-state index in [2.05, 4.69) is 0 Å². The molecule has 4 rings (SSSR count). The van der Waals surface area contributed by atoms with Gasteiger partial charge in [-0.3, -0.25) is 9.59 Å². The molecule has 1 atom stereocenters. The third-order valence-corrected chi connectivity index (χ3v) is 5.84. The SMILES string of the molecule is CCN(Cc1cccc2c1OCCO2)C(=O)C1CC(=O)N(c2cc(Cl)ccc2OC)C1. The van der Waals surface area contributed by atoms with Crippen molar-refractivity contribution >= 4 is 29.1 Å². The van der Waals surface area contributed by atoms with Crippen LogP contribution < -0.4 is 19.1 Å². The van der Waals surface area contributed by atoms with E-state index in [9.17, 15) is 9.59 Å². The molecule has 0 spiro atoms. The Kier molecular flexibility index (Phi) is 6.23. The van der Waals surface area contributed by atoms with Crippen LogP contribution in [0, 0.1) is 5.92 Å². The van der Waals surface area contributed by atoms with E-state index in [1.54, 1.807) is 35.1 Å². The number of amides is 2. The van der Waals surface area contributed by atoms with E-state index < -0.39 is 5.92 Å². The smallest absolute Gasteiger partial charge is 0.228 e. The van der Waals surface area contributed by atoms with Gasteiger partial charge >= 0.3 is 0 Å². The number of para-hydroxylation sites is 1. The summed E-state index contributed by atoms with van der Waals surface area (Å²) in [6, 6.07) is 10.8. The van der Waals surface area contributed by atoms with Crippen LogP contribution in [0.15, 0.2) is 36.4 Å². The van der Waals surface area contributed by atoms with Gasteiger partial charge in [-0.2, -0.15) is 0 Å². The molecule has 1 fully saturated rings. The Morgan fingerprint density at radius 2 is 2.06 bits per heavy atom. The number of methoxy groups -OCH3 is 1. The van der Waals surface area contributed by atoms with Crippen LogP contribution in [0.25, 0.3) is 0 Å². The highest BCUT2D eigenvalue weighted by Gasteiger charge is 2.38. The zero-order valence-electron chi connectivity index (χ0n) is 17.6. The second-order valence-electron chi connectivity index (χ2n) is 7.52. The van der Waals surface area contributed by atoms with Crippen molar-refractivity contribution in [2.24, 2.45) is 5.92 Å². The fourth-order valence-corrected chi connectivity index (χ4v) is 4.21. The second-order valence-corrected chi connectivity index (χ2v) is 7.95. The molecule has 1 saturated heterocycles. The minimum Gasteiger partial charge on any atom is -0.495 e. The summed E-state index contributed by atoms with van der Waals surface area (Å²) in [7, 11) is 1.54. The predicted molar refractivity (Wildman–Crippen MR) is 117 cm³/mol. The fourth-order valence-electron chi connectivity index (χ4n) is 4.05. The van der Waals surface area contributed by atoms with Crippen molar-refractivity contribution < 1.29 is 23.8 Å². The lowest BCUT2D eigenvalue weighted by atomic mass is 10.1. The minimum absolute atomic E-state index is 0.0614. The quantitative estimate of drug-likeness (QED) is 0.682. The van der Waals surface area contributed by atoms with Crippen LogP contribution in [0.2, 0.25) is 5.02 Å². The number of benzene rings is 2. The highest BCUT2D eigenvalue weighted by Crippen LogP contribution is 2.37. The van der Waals surface area contributed by atoms with Crippen LogP contribution >= 0.6 is 11.6 Å². The predicted octanol–water partition coefficient (Wildman–Crippen LogP) is 3.52. The molecule has 31 heavy (non-hydrogen) atoms. The van der Waals surface area contributed by atoms with Gasteiger partial charge in [-0.25, -0.2) is 0 Å². The molecule has 8 heteroatoms. The number of ether oxygens (including phenoxy) is 3. The lowest BCUT2D eigenvalue weighted by Gasteiger charge is -2.27. The van der Waals surface area contributed by atoms with Gasteiger partial charge in [0.05, 0.1) is 18.7 Å². The average molecular weight is 445 g/mol. The zero-order valence-corrected chi connectivity index (χ0v) is 18.4. The number of nitrogens with zero attached hydrogens (tertiary/aromatic N) is 2. The molecule has 7 nitrogen and oxygen atoms in total. The van der Waals surface area contributed by atoms with Crippen LogP contribution in [0.5, 0.6) is 17.2 Å². The van der Waals surface area contributed by atoms with Crippen molar-refractivity contribution in [3.05, 3.63) is 47.0 Å². The Labute approximate surface area is 186 Å². The molecule has 2 heterocycles. The zero-order chi connectivity index (χ0) is 22.0. The molecule has 2 aliphatic rings. The Morgan fingerprint density at radius 3 is 2.84 bits per heavy atom. The van der Waals surface area contributed by atoms with Crippen molar-refractivity contribution in [2.75, 3.05) is 38.3 Å². The first-order valence-electron chi connectivity index (χ1n) is 10.3. The molecule has 0 saturated carbocycles. The Bertz CT molecular complexity index is 996. The molecular formula is C23H25ClN2O5. The Balaban J connectivity index is 1.52. The molecule has 164 valence electrons. The first kappa shape index (κ1) is 21.3. The maximum Gasteiger partial charge on any atom is 0.228 e. The molecule has 2 aromatic rings. The third kappa shape index (κ3) is 4.28. The van der Waals surface area contributed by atoms with Gasteiger partial charge < -0.3 is 24.0 Å². The molecule has 2 aromatic carbocycles. The first-order valence-corrected chi connectivity index (χ1v) is 10.7. The van der Waals surface area contributed by atoms with Crippen molar-refractivity contribution in [3.8, 4) is 17.2 Å². The Morgan fingerprint density at radius 1 is 1.26 bits per heavy atom. The molecule has 0 N–H and O–H groups in total. The van der Waals surface area contributed by atoms with Crippen LogP contribution in [-0.4, -0.2) is 50.1 Å². The highest BCUT2D eigenvalue weighted by molar-refractivity contribution is 6.31. The summed E-state index contributed by atoms with van der Waals surface area (Å²) < 4.78 is 16.8. The van der Waals surface area contributed by atoms with E-state index in [0.29, 0.717) is 54.3 Å². The van der Waals surface area contributed by atoms with Crippen LogP contribution in [-0.2, 0) is 16.1 Å². The summed E-state index contributed by atoms with van der Waals surface area (Å²) in [6.45, 7) is 4.13. The monoisotopic (exact) mass is 444 g/mol. The highest BCUT2D eigenvalue weighted by atomic mass is 35.5. The number of fused-ring (bicyclic) bond motifs is 1. The largest absolute Gasteiger partial charge is 0.495 e. The van der Waals surface area contributed by atoms with Gasteiger partial charge in [-0.05, 0) is 31.2 Å². The summed E-state index contributed by atoms with van der Waals surface area (Å²) in [4.78, 5) is 29.4. The molecule has 0 bridgehead atoms. The fraction of sp³-hybridized carbons (Fsp3) is 0.391. The summed E-state index contributed by atoms with van der Waals surface area (Å²) in [5.74, 6) is 1.31. The summed E-state index contributed by atoms with van der Waals surface area (Å²) >= 11 is 6.13. The molecule has 1 unspecified atom stereocenters. The number of halogens is 1. The van der Waals surface area contributed by atoms with E-state index in [1.165, 1.54) is 0 Å². The number of hydrogen-bond donors (Lipinski definition) is 0. The molecule has 0 aromatic heterocycles. The van der Waals surface area contributed by atoms with E-state index in [4.69, 9.17) is 25.8 Å². The second kappa shape index (κ2) is 9.06. The van der Waals surface area contributed by atoms with Crippen molar-refractivity contribution in [1.29, 1.82) is 0 Å². The summed E-state index contributed by atoms with van der Waals surface area (Å²) in [5, 5.41) is 0.504. The van der Waals surface area contributed by atoms with E-state index in [-0.39, 0.29) is 24.8 Å². The number of hydrogen-bond acceptors (Lipinski definition) is 5. The lowest BCUT2D eigenvalue weighted by Crippen LogP contribution is -2.37. The standard InChI is InChI=1S/C23H25ClN2O5/c1-3-25(13-15-5-4-6-20-22(15)31-10-9-30-20)23(28)16-11-21(27)26(14-16)18-12-17(24)7-8-19(18)29-2/h4-8,12,16H,3,9-11,13-14H2,1-2H3. The van der Waals surface area contributed by atoms with E-state index in [1.807, 2.05) is 25.1 Å². The third-order valence-electron chi connectivity index (χ3n) is 5.61. The normalized spacial score (nSPS) is 17.6. The van der Waals surface area contributed by atoms with Gasteiger partial charge in [0.2, 0.25) is 11.8 Å². The number of carbonyl (C=O) groups excluding carboxylic acids is 2. The molecule has 0 aliphatic carbocycles. The van der Waals surface area contributed by atoms with E-state index >= 15 is 0 Å². The van der Waals surface area contributed by atoms with Crippen LogP contribution in [0.1, 0.15) is 18.9 Å². The molecule has 0 radical (unpaired) electrons. The summed E-state index contributed by atoms with van der Waals surface area (Å²) in [6.07, 6.45) is 0.150. The maximum atomic E-state index is 13.3. The van der Waals surface area contributed by atoms with Gasteiger partial charge in [-0.1, -0.05) is 23.7 Å². The van der Waals surface area contributed by atoms with Crippen LogP contribution in [0.4, 0.5) is 5.69 Å². The van der Waals surface area contributed by atoms with Gasteiger partial charge in [0.25, 0.3) is 0 Å². The molecular weight excluding hydrogens is 420 g/mol. The number of anilines is 1. The molecule has 2 aliphatic heterocycles. The van der Waals surface area contributed by atoms with Crippen molar-refractivity contribution in [2.45, 2.75) is 19.9 Å². The number of carbonyl (C=O) groups is 2. The van der Waals surface area contributed by atoms with Gasteiger partial charge in [-0.15, -0.1) is 0 Å².